The predicted octanol–water partition coefficient (Wildman–Crippen LogP) is 3.77. The molecule has 1 amide bonds. The van der Waals surface area contributed by atoms with Crippen molar-refractivity contribution < 1.29 is 13.7 Å². The van der Waals surface area contributed by atoms with Crippen LogP contribution in [0.15, 0.2) is 53.2 Å². The Balaban J connectivity index is 1.34. The highest BCUT2D eigenvalue weighted by atomic mass is 19.1. The van der Waals surface area contributed by atoms with Crippen LogP contribution in [0.1, 0.15) is 34.9 Å². The summed E-state index contributed by atoms with van der Waals surface area (Å²) in [6, 6.07) is 12.6. The number of hydrogen-bond donors (Lipinski definition) is 1. The van der Waals surface area contributed by atoms with Crippen LogP contribution < -0.4 is 0 Å². The Labute approximate surface area is 165 Å². The lowest BCUT2D eigenvalue weighted by Gasteiger charge is -2.31. The zero-order valence-electron chi connectivity index (χ0n) is 15.5. The smallest absolute Gasteiger partial charge is 0.274 e. The molecule has 1 fully saturated rings. The summed E-state index contributed by atoms with van der Waals surface area (Å²) < 4.78 is 18.5. The quantitative estimate of drug-likeness (QED) is 0.537. The third-order valence-electron chi connectivity index (χ3n) is 5.25. The summed E-state index contributed by atoms with van der Waals surface area (Å²) in [4.78, 5) is 25.9. The third kappa shape index (κ3) is 3.37. The van der Waals surface area contributed by atoms with Crippen molar-refractivity contribution >= 4 is 16.8 Å². The van der Waals surface area contributed by atoms with E-state index in [2.05, 4.69) is 20.1 Å². The van der Waals surface area contributed by atoms with Crippen LogP contribution in [0.4, 0.5) is 4.39 Å². The van der Waals surface area contributed by atoms with Gasteiger partial charge in [-0.3, -0.25) is 4.79 Å². The minimum Gasteiger partial charge on any atom is -0.351 e. The highest BCUT2D eigenvalue weighted by molar-refractivity contribution is 5.94. The monoisotopic (exact) mass is 391 g/mol. The molecule has 1 saturated heterocycles. The summed E-state index contributed by atoms with van der Waals surface area (Å²) in [5.74, 6) is 0.245. The molecule has 1 aliphatic rings. The predicted molar refractivity (Wildman–Crippen MR) is 104 cm³/mol. The Bertz CT molecular complexity index is 1130. The van der Waals surface area contributed by atoms with E-state index in [0.29, 0.717) is 30.4 Å². The van der Waals surface area contributed by atoms with Crippen LogP contribution in [0.2, 0.25) is 0 Å². The summed E-state index contributed by atoms with van der Waals surface area (Å²) in [6.45, 7) is 1.13. The Morgan fingerprint density at radius 3 is 2.97 bits per heavy atom. The SMILES string of the molecule is O=C(c1ccc(F)nc1)N1CCCC(c2noc(-c3cc4ccccc4[nH]3)n2)C1. The fraction of sp³-hybridized carbons (Fsp3) is 0.238. The maximum atomic E-state index is 13.0. The number of aromatic nitrogens is 4. The lowest BCUT2D eigenvalue weighted by Crippen LogP contribution is -2.39. The van der Waals surface area contributed by atoms with Crippen molar-refractivity contribution in [2.24, 2.45) is 0 Å². The second-order valence-electron chi connectivity index (χ2n) is 7.19. The largest absolute Gasteiger partial charge is 0.351 e. The van der Waals surface area contributed by atoms with Gasteiger partial charge in [0.15, 0.2) is 5.82 Å². The summed E-state index contributed by atoms with van der Waals surface area (Å²) in [7, 11) is 0. The number of halogens is 1. The molecule has 146 valence electrons. The number of H-pyrrole nitrogens is 1. The number of piperidine rings is 1. The van der Waals surface area contributed by atoms with E-state index in [0.717, 1.165) is 29.4 Å². The van der Waals surface area contributed by atoms with Gasteiger partial charge in [-0.2, -0.15) is 9.37 Å². The molecule has 8 heteroatoms. The number of hydrogen-bond acceptors (Lipinski definition) is 5. The lowest BCUT2D eigenvalue weighted by molar-refractivity contribution is 0.0703. The average molecular weight is 391 g/mol. The molecule has 0 saturated carbocycles. The van der Waals surface area contributed by atoms with Gasteiger partial charge in [0.05, 0.1) is 5.56 Å². The molecule has 4 aromatic rings. The van der Waals surface area contributed by atoms with E-state index in [1.165, 1.54) is 18.3 Å². The molecule has 0 spiro atoms. The van der Waals surface area contributed by atoms with Crippen molar-refractivity contribution in [3.63, 3.8) is 0 Å². The van der Waals surface area contributed by atoms with Crippen LogP contribution in [0.25, 0.3) is 22.5 Å². The average Bonchev–Trinajstić information content (AvgIpc) is 3.41. The molecule has 1 aliphatic heterocycles. The van der Waals surface area contributed by atoms with Crippen LogP contribution in [0.5, 0.6) is 0 Å². The van der Waals surface area contributed by atoms with Crippen molar-refractivity contribution in [1.82, 2.24) is 25.0 Å². The molecule has 7 nitrogen and oxygen atoms in total. The van der Waals surface area contributed by atoms with Crippen LogP contribution in [0.3, 0.4) is 0 Å². The van der Waals surface area contributed by atoms with Crippen molar-refractivity contribution in [2.75, 3.05) is 13.1 Å². The second-order valence-corrected chi connectivity index (χ2v) is 7.19. The highest BCUT2D eigenvalue weighted by Crippen LogP contribution is 2.29. The summed E-state index contributed by atoms with van der Waals surface area (Å²) in [5.41, 5.74) is 2.15. The molecule has 1 unspecified atom stereocenters. The number of carbonyl (C=O) groups excluding carboxylic acids is 1. The molecular weight excluding hydrogens is 373 g/mol. The number of nitrogens with zero attached hydrogens (tertiary/aromatic N) is 4. The van der Waals surface area contributed by atoms with E-state index < -0.39 is 5.95 Å². The van der Waals surface area contributed by atoms with Crippen molar-refractivity contribution in [3.8, 4) is 11.6 Å². The van der Waals surface area contributed by atoms with E-state index in [9.17, 15) is 9.18 Å². The first-order chi connectivity index (χ1) is 14.2. The molecule has 29 heavy (non-hydrogen) atoms. The number of para-hydroxylation sites is 1. The second kappa shape index (κ2) is 7.12. The van der Waals surface area contributed by atoms with Crippen LogP contribution in [0, 0.1) is 5.95 Å². The zero-order chi connectivity index (χ0) is 19.8. The van der Waals surface area contributed by atoms with Crippen LogP contribution in [-0.4, -0.2) is 44.0 Å². The van der Waals surface area contributed by atoms with Gasteiger partial charge in [0, 0.05) is 36.1 Å². The van der Waals surface area contributed by atoms with E-state index in [1.807, 2.05) is 30.3 Å². The molecule has 5 rings (SSSR count). The van der Waals surface area contributed by atoms with E-state index in [1.54, 1.807) is 4.90 Å². The molecular formula is C21H18FN5O2. The molecule has 0 radical (unpaired) electrons. The highest BCUT2D eigenvalue weighted by Gasteiger charge is 2.29. The number of fused-ring (bicyclic) bond motifs is 1. The Morgan fingerprint density at radius 1 is 1.24 bits per heavy atom. The summed E-state index contributed by atoms with van der Waals surface area (Å²) in [5, 5.41) is 5.23. The maximum absolute atomic E-state index is 13.0. The van der Waals surface area contributed by atoms with Crippen molar-refractivity contribution in [2.45, 2.75) is 18.8 Å². The number of carbonyl (C=O) groups is 1. The first-order valence-corrected chi connectivity index (χ1v) is 9.50. The van der Waals surface area contributed by atoms with Crippen LogP contribution >= 0.6 is 0 Å². The number of aromatic amines is 1. The molecule has 0 bridgehead atoms. The van der Waals surface area contributed by atoms with Gasteiger partial charge in [-0.25, -0.2) is 4.98 Å². The van der Waals surface area contributed by atoms with Gasteiger partial charge < -0.3 is 14.4 Å². The van der Waals surface area contributed by atoms with Gasteiger partial charge in [-0.15, -0.1) is 0 Å². The van der Waals surface area contributed by atoms with Crippen molar-refractivity contribution in [3.05, 3.63) is 66.0 Å². The molecule has 1 atom stereocenters. The van der Waals surface area contributed by atoms with Crippen molar-refractivity contribution in [1.29, 1.82) is 0 Å². The lowest BCUT2D eigenvalue weighted by atomic mass is 9.97. The number of nitrogens with one attached hydrogen (secondary N) is 1. The Kier molecular flexibility index (Phi) is 4.31. The topological polar surface area (TPSA) is 87.9 Å². The fourth-order valence-corrected chi connectivity index (χ4v) is 3.76. The first kappa shape index (κ1) is 17.5. The molecule has 1 N–H and O–H groups in total. The summed E-state index contributed by atoms with van der Waals surface area (Å²) in [6.07, 6.45) is 2.97. The third-order valence-corrected chi connectivity index (χ3v) is 5.25. The minimum absolute atomic E-state index is 0.0111. The van der Waals surface area contributed by atoms with E-state index >= 15 is 0 Å². The number of pyridine rings is 1. The minimum atomic E-state index is -0.602. The molecule has 1 aromatic carbocycles. The molecule has 0 aliphatic carbocycles. The number of amides is 1. The van der Waals surface area contributed by atoms with Gasteiger partial charge >= 0.3 is 0 Å². The van der Waals surface area contributed by atoms with Gasteiger partial charge in [-0.05, 0) is 37.1 Å². The number of rotatable bonds is 3. The number of likely N-dealkylation sites (tertiary alicyclic amines) is 1. The maximum Gasteiger partial charge on any atom is 0.274 e. The molecule has 4 heterocycles. The standard InChI is InChI=1S/C21H18FN5O2/c22-18-8-7-14(11-23-18)21(28)27-9-3-5-15(12-27)19-25-20(29-26-19)17-10-13-4-1-2-6-16(13)24-17/h1-2,4,6-8,10-11,15,24H,3,5,9,12H2. The zero-order valence-corrected chi connectivity index (χ0v) is 15.5. The van der Waals surface area contributed by atoms with Gasteiger partial charge in [0.25, 0.3) is 11.8 Å². The summed E-state index contributed by atoms with van der Waals surface area (Å²) >= 11 is 0. The van der Waals surface area contributed by atoms with E-state index in [-0.39, 0.29) is 11.8 Å². The Morgan fingerprint density at radius 2 is 2.14 bits per heavy atom. The van der Waals surface area contributed by atoms with Crippen LogP contribution in [-0.2, 0) is 0 Å². The van der Waals surface area contributed by atoms with Gasteiger partial charge in [0.2, 0.25) is 5.95 Å². The number of benzene rings is 1. The fourth-order valence-electron chi connectivity index (χ4n) is 3.76. The normalized spacial score (nSPS) is 17.0. The van der Waals surface area contributed by atoms with Gasteiger partial charge in [-0.1, -0.05) is 23.4 Å². The first-order valence-electron chi connectivity index (χ1n) is 9.50. The van der Waals surface area contributed by atoms with E-state index in [4.69, 9.17) is 4.52 Å². The van der Waals surface area contributed by atoms with Gasteiger partial charge in [0.1, 0.15) is 5.69 Å². The Hall–Kier alpha value is -3.55. The molecule has 3 aromatic heterocycles.